The van der Waals surface area contributed by atoms with Gasteiger partial charge >= 0.3 is 6.03 Å². The van der Waals surface area contributed by atoms with E-state index >= 15 is 0 Å². The summed E-state index contributed by atoms with van der Waals surface area (Å²) in [6.07, 6.45) is -1.29. The van der Waals surface area contributed by atoms with Crippen molar-refractivity contribution in [2.45, 2.75) is 18.9 Å². The van der Waals surface area contributed by atoms with E-state index in [0.717, 1.165) is 7.11 Å². The summed E-state index contributed by atoms with van der Waals surface area (Å²) in [5, 5.41) is 17.9. The molecule has 0 atom stereocenters. The zero-order chi connectivity index (χ0) is 17.2. The summed E-state index contributed by atoms with van der Waals surface area (Å²) in [6, 6.07) is -2.57. The molecule has 12 nitrogen and oxygen atoms in total. The smallest absolute Gasteiger partial charge is 0.339 e. The van der Waals surface area contributed by atoms with Crippen LogP contribution in [0.15, 0.2) is 0 Å². The Balaban J connectivity index is 4.50. The first kappa shape index (κ1) is 19.7. The third kappa shape index (κ3) is 8.11. The Bertz CT molecular complexity index is 394. The first-order chi connectivity index (χ1) is 10.3. The number of hydrogen-bond acceptors (Lipinski definition) is 8. The number of carbonyl (C=O) groups is 4. The fourth-order valence-corrected chi connectivity index (χ4v) is 1.24. The molecular weight excluding hydrogens is 300 g/mol. The molecule has 0 aliphatic rings. The van der Waals surface area contributed by atoms with Crippen LogP contribution >= 0.6 is 0 Å². The van der Waals surface area contributed by atoms with Crippen LogP contribution in [0.4, 0.5) is 0 Å². The van der Waals surface area contributed by atoms with E-state index in [4.69, 9.17) is 11.5 Å². The van der Waals surface area contributed by atoms with Gasteiger partial charge in [0.2, 0.25) is 23.6 Å². The Morgan fingerprint density at radius 1 is 0.909 bits per heavy atom. The molecule has 0 heterocycles. The quantitative estimate of drug-likeness (QED) is 0.162. The average molecular weight is 320 g/mol. The van der Waals surface area contributed by atoms with Crippen LogP contribution in [0.25, 0.3) is 0 Å². The van der Waals surface area contributed by atoms with Crippen LogP contribution in [0.1, 0.15) is 12.8 Å². The van der Waals surface area contributed by atoms with Crippen molar-refractivity contribution in [2.24, 2.45) is 11.5 Å². The Morgan fingerprint density at radius 2 is 1.27 bits per heavy atom. The number of rotatable bonds is 9. The molecule has 126 valence electrons. The van der Waals surface area contributed by atoms with Crippen LogP contribution in [0, 0.1) is 0 Å². The van der Waals surface area contributed by atoms with Gasteiger partial charge in [0.1, 0.15) is 12.8 Å². The van der Waals surface area contributed by atoms with Gasteiger partial charge in [-0.3, -0.25) is 29.8 Å². The van der Waals surface area contributed by atoms with Crippen LogP contribution in [0.3, 0.4) is 0 Å². The summed E-state index contributed by atoms with van der Waals surface area (Å²) in [7, 11) is 0.987. The van der Waals surface area contributed by atoms with Crippen molar-refractivity contribution in [3.05, 3.63) is 0 Å². The van der Waals surface area contributed by atoms with Gasteiger partial charge in [-0.05, 0) is 0 Å². The molecule has 0 saturated carbocycles. The standard InChI is InChI=1S/C10H20N6O6/c1-22-10(21,15-8(19)2-6(17)13-4-11)16-9(20)3-7(18)14-5-12/h21H,2-5,11-12H2,1H3,(H,13,17)(H,14,18)(H,15,19)(H,16,20). The Kier molecular flexibility index (Phi) is 8.62. The van der Waals surface area contributed by atoms with E-state index in [9.17, 15) is 24.3 Å². The van der Waals surface area contributed by atoms with Crippen LogP contribution in [0.5, 0.6) is 0 Å². The summed E-state index contributed by atoms with van der Waals surface area (Å²) in [5.74, 6) is -3.26. The number of hydrogen-bond donors (Lipinski definition) is 7. The third-order valence-corrected chi connectivity index (χ3v) is 2.15. The van der Waals surface area contributed by atoms with Crippen molar-refractivity contribution < 1.29 is 29.0 Å². The van der Waals surface area contributed by atoms with Crippen LogP contribution < -0.4 is 32.7 Å². The maximum atomic E-state index is 11.5. The molecule has 4 amide bonds. The van der Waals surface area contributed by atoms with Gasteiger partial charge in [-0.25, -0.2) is 0 Å². The molecule has 0 bridgehead atoms. The second kappa shape index (κ2) is 9.62. The van der Waals surface area contributed by atoms with Gasteiger partial charge in [-0.15, -0.1) is 0 Å². The second-order valence-electron chi connectivity index (χ2n) is 3.91. The number of nitrogens with two attached hydrogens (primary N) is 2. The first-order valence-electron chi connectivity index (χ1n) is 6.09. The molecule has 0 aliphatic heterocycles. The summed E-state index contributed by atoms with van der Waals surface area (Å²) >= 11 is 0. The summed E-state index contributed by atoms with van der Waals surface area (Å²) < 4.78 is 4.54. The van der Waals surface area contributed by atoms with E-state index in [1.165, 1.54) is 0 Å². The maximum Gasteiger partial charge on any atom is 0.339 e. The molecule has 0 fully saturated rings. The minimum absolute atomic E-state index is 0.159. The van der Waals surface area contributed by atoms with Crippen molar-refractivity contribution in [1.82, 2.24) is 21.3 Å². The molecule has 0 aromatic heterocycles. The number of methoxy groups -OCH3 is 1. The molecule has 22 heavy (non-hydrogen) atoms. The van der Waals surface area contributed by atoms with Crippen molar-refractivity contribution >= 4 is 23.6 Å². The Labute approximate surface area is 125 Å². The van der Waals surface area contributed by atoms with Gasteiger partial charge in [0.15, 0.2) is 0 Å². The number of aliphatic hydroxyl groups is 1. The fourth-order valence-electron chi connectivity index (χ4n) is 1.24. The molecule has 0 spiro atoms. The van der Waals surface area contributed by atoms with Gasteiger partial charge in [0.25, 0.3) is 0 Å². The summed E-state index contributed by atoms with van der Waals surface area (Å²) in [5.41, 5.74) is 10.1. The zero-order valence-electron chi connectivity index (χ0n) is 12.0. The first-order valence-corrected chi connectivity index (χ1v) is 6.09. The SMILES string of the molecule is COC(O)(NC(=O)CC(=O)NCN)NC(=O)CC(=O)NCN. The van der Waals surface area contributed by atoms with E-state index in [-0.39, 0.29) is 13.3 Å². The molecule has 0 unspecified atom stereocenters. The molecule has 9 N–H and O–H groups in total. The summed E-state index contributed by atoms with van der Waals surface area (Å²) in [6.45, 7) is -0.318. The Hall–Kier alpha value is -2.28. The lowest BCUT2D eigenvalue weighted by atomic mass is 10.3. The Morgan fingerprint density at radius 3 is 1.55 bits per heavy atom. The molecule has 0 aromatic rings. The number of carbonyl (C=O) groups excluding carboxylic acids is 4. The predicted molar refractivity (Wildman–Crippen MR) is 71.9 cm³/mol. The van der Waals surface area contributed by atoms with E-state index < -0.39 is 42.5 Å². The highest BCUT2D eigenvalue weighted by Crippen LogP contribution is 1.98. The van der Waals surface area contributed by atoms with E-state index in [1.54, 1.807) is 0 Å². The van der Waals surface area contributed by atoms with Gasteiger partial charge < -0.3 is 31.9 Å². The number of amides is 4. The van der Waals surface area contributed by atoms with Crippen molar-refractivity contribution in [3.63, 3.8) is 0 Å². The highest BCUT2D eigenvalue weighted by Gasteiger charge is 2.32. The molecule has 12 heteroatoms. The van der Waals surface area contributed by atoms with Crippen molar-refractivity contribution in [2.75, 3.05) is 20.4 Å². The number of nitrogens with one attached hydrogen (secondary N) is 4. The molecule has 0 rings (SSSR count). The monoisotopic (exact) mass is 320 g/mol. The highest BCUT2D eigenvalue weighted by atomic mass is 16.7. The predicted octanol–water partition coefficient (Wildman–Crippen LogP) is -4.69. The van der Waals surface area contributed by atoms with Gasteiger partial charge in [-0.2, -0.15) is 0 Å². The molecule has 0 aliphatic carbocycles. The largest absolute Gasteiger partial charge is 0.343 e. The van der Waals surface area contributed by atoms with E-state index in [2.05, 4.69) is 15.4 Å². The lowest BCUT2D eigenvalue weighted by molar-refractivity contribution is -0.227. The van der Waals surface area contributed by atoms with Gasteiger partial charge in [0.05, 0.1) is 13.3 Å². The van der Waals surface area contributed by atoms with E-state index in [1.807, 2.05) is 10.6 Å². The summed E-state index contributed by atoms with van der Waals surface area (Å²) in [4.78, 5) is 45.3. The molecule has 0 radical (unpaired) electrons. The maximum absolute atomic E-state index is 11.5. The molecule has 0 saturated heterocycles. The second-order valence-corrected chi connectivity index (χ2v) is 3.91. The van der Waals surface area contributed by atoms with Crippen LogP contribution in [-0.2, 0) is 23.9 Å². The van der Waals surface area contributed by atoms with E-state index in [0.29, 0.717) is 0 Å². The van der Waals surface area contributed by atoms with Crippen molar-refractivity contribution in [1.29, 1.82) is 0 Å². The lowest BCUT2D eigenvalue weighted by Crippen LogP contribution is -2.62. The topological polar surface area (TPSA) is 198 Å². The lowest BCUT2D eigenvalue weighted by Gasteiger charge is -2.27. The minimum Gasteiger partial charge on any atom is -0.343 e. The molecular formula is C10H20N6O6. The van der Waals surface area contributed by atoms with Gasteiger partial charge in [-0.1, -0.05) is 0 Å². The van der Waals surface area contributed by atoms with Crippen molar-refractivity contribution in [3.8, 4) is 0 Å². The van der Waals surface area contributed by atoms with Crippen LogP contribution in [0.2, 0.25) is 0 Å². The van der Waals surface area contributed by atoms with Crippen LogP contribution in [-0.4, -0.2) is 55.2 Å². The molecule has 0 aromatic carbocycles. The third-order valence-electron chi connectivity index (χ3n) is 2.15. The highest BCUT2D eigenvalue weighted by molar-refractivity contribution is 5.98. The van der Waals surface area contributed by atoms with Gasteiger partial charge in [0, 0.05) is 7.11 Å². The average Bonchev–Trinajstić information content (AvgIpc) is 2.38. The number of ether oxygens (including phenoxy) is 1. The normalized spacial score (nSPS) is 10.5. The fraction of sp³-hybridized carbons (Fsp3) is 0.600. The minimum atomic E-state index is -2.57. The zero-order valence-corrected chi connectivity index (χ0v) is 12.0.